The molecule has 0 fully saturated rings. The van der Waals surface area contributed by atoms with Gasteiger partial charge in [-0.3, -0.25) is 10.1 Å². The van der Waals surface area contributed by atoms with E-state index in [1.54, 1.807) is 18.2 Å². The van der Waals surface area contributed by atoms with Gasteiger partial charge in [0, 0.05) is 11.1 Å². The van der Waals surface area contributed by atoms with Crippen LogP contribution < -0.4 is 10.6 Å². The molecule has 0 heterocycles. The minimum atomic E-state index is -0.273. The lowest BCUT2D eigenvalue weighted by atomic mass is 10.1. The number of hydrogen-bond acceptors (Lipinski definition) is 2. The van der Waals surface area contributed by atoms with E-state index < -0.39 is 0 Å². The molecule has 0 aliphatic carbocycles. The molecule has 2 aromatic rings. The zero-order chi connectivity index (χ0) is 17.4. The lowest BCUT2D eigenvalue weighted by Gasteiger charge is -2.19. The molecule has 0 aliphatic rings. The molecule has 124 valence electrons. The fourth-order valence-corrected chi connectivity index (χ4v) is 2.57. The van der Waals surface area contributed by atoms with E-state index in [4.69, 9.17) is 23.8 Å². The second-order valence-electron chi connectivity index (χ2n) is 5.22. The normalized spacial score (nSPS) is 11.9. The second-order valence-corrected chi connectivity index (χ2v) is 6.06. The predicted molar refractivity (Wildman–Crippen MR) is 104 cm³/mol. The van der Waals surface area contributed by atoms with Gasteiger partial charge in [0.25, 0.3) is 0 Å². The molecule has 5 heteroatoms. The Labute approximate surface area is 152 Å². The molecule has 1 amide bonds. The van der Waals surface area contributed by atoms with Crippen LogP contribution >= 0.6 is 23.8 Å². The van der Waals surface area contributed by atoms with E-state index >= 15 is 0 Å². The van der Waals surface area contributed by atoms with E-state index in [-0.39, 0.29) is 11.9 Å². The summed E-state index contributed by atoms with van der Waals surface area (Å²) in [5.74, 6) is -0.273. The maximum absolute atomic E-state index is 11.9. The minimum Gasteiger partial charge on any atom is -0.356 e. The van der Waals surface area contributed by atoms with Crippen LogP contribution in [0.15, 0.2) is 60.7 Å². The van der Waals surface area contributed by atoms with Gasteiger partial charge in [0.2, 0.25) is 5.91 Å². The Morgan fingerprint density at radius 3 is 2.46 bits per heavy atom. The molecule has 0 saturated carbocycles. The van der Waals surface area contributed by atoms with Crippen molar-refractivity contribution in [3.63, 3.8) is 0 Å². The number of carbonyl (C=O) groups is 1. The highest BCUT2D eigenvalue weighted by atomic mass is 35.5. The molecule has 0 radical (unpaired) electrons. The van der Waals surface area contributed by atoms with E-state index in [0.717, 1.165) is 17.5 Å². The number of carbonyl (C=O) groups excluding carboxylic acids is 1. The summed E-state index contributed by atoms with van der Waals surface area (Å²) in [4.78, 5) is 11.9. The van der Waals surface area contributed by atoms with Crippen LogP contribution in [0.2, 0.25) is 5.02 Å². The van der Waals surface area contributed by atoms with E-state index in [9.17, 15) is 4.79 Å². The molecule has 2 aromatic carbocycles. The molecular weight excluding hydrogens is 340 g/mol. The smallest absolute Gasteiger partial charge is 0.250 e. The van der Waals surface area contributed by atoms with Crippen molar-refractivity contribution in [3.05, 3.63) is 76.8 Å². The highest BCUT2D eigenvalue weighted by Gasteiger charge is 2.10. The van der Waals surface area contributed by atoms with Gasteiger partial charge >= 0.3 is 0 Å². The quantitative estimate of drug-likeness (QED) is 0.611. The number of thiocarbonyl (C=S) groups is 1. The first kappa shape index (κ1) is 18.2. The molecule has 0 aliphatic heterocycles. The van der Waals surface area contributed by atoms with Crippen LogP contribution in [0.1, 0.15) is 30.5 Å². The molecule has 0 saturated heterocycles. The number of halogens is 1. The average Bonchev–Trinajstić information content (AvgIpc) is 2.60. The Morgan fingerprint density at radius 2 is 1.83 bits per heavy atom. The zero-order valence-electron chi connectivity index (χ0n) is 13.3. The monoisotopic (exact) mass is 358 g/mol. The highest BCUT2D eigenvalue weighted by molar-refractivity contribution is 7.80. The van der Waals surface area contributed by atoms with Crippen LogP contribution in [0.4, 0.5) is 0 Å². The van der Waals surface area contributed by atoms with Crippen LogP contribution in [0, 0.1) is 0 Å². The summed E-state index contributed by atoms with van der Waals surface area (Å²) in [6.45, 7) is 2.07. The Balaban J connectivity index is 1.89. The second kappa shape index (κ2) is 9.21. The summed E-state index contributed by atoms with van der Waals surface area (Å²) in [6.07, 6.45) is 4.02. The maximum atomic E-state index is 11.9. The molecule has 24 heavy (non-hydrogen) atoms. The lowest BCUT2D eigenvalue weighted by molar-refractivity contribution is -0.115. The van der Waals surface area contributed by atoms with Crippen LogP contribution in [-0.2, 0) is 4.79 Å². The molecule has 3 nitrogen and oxygen atoms in total. The molecule has 2 rings (SSSR count). The topological polar surface area (TPSA) is 41.1 Å². The van der Waals surface area contributed by atoms with Crippen molar-refractivity contribution in [2.45, 2.75) is 19.4 Å². The van der Waals surface area contributed by atoms with E-state index in [1.807, 2.05) is 42.5 Å². The Morgan fingerprint density at radius 1 is 1.17 bits per heavy atom. The standard InChI is InChI=1S/C19H19ClN2OS/c1-2-17(15-6-4-3-5-7-15)21-19(24)22-18(23)13-10-14-8-11-16(20)12-9-14/h3-13,17H,2H2,1H3,(H2,21,22,23,24)/b13-10+. The predicted octanol–water partition coefficient (Wildman–Crippen LogP) is 4.50. The van der Waals surface area contributed by atoms with Gasteiger partial charge in [-0.25, -0.2) is 0 Å². The van der Waals surface area contributed by atoms with Crippen molar-refractivity contribution in [2.75, 3.05) is 0 Å². The summed E-state index contributed by atoms with van der Waals surface area (Å²) in [5, 5.41) is 6.81. The van der Waals surface area contributed by atoms with Crippen molar-refractivity contribution >= 4 is 40.9 Å². The number of amides is 1. The summed E-state index contributed by atoms with van der Waals surface area (Å²) >= 11 is 11.1. The van der Waals surface area contributed by atoms with Gasteiger partial charge < -0.3 is 5.32 Å². The van der Waals surface area contributed by atoms with Gasteiger partial charge in [0.05, 0.1) is 6.04 Å². The van der Waals surface area contributed by atoms with Crippen LogP contribution in [0.25, 0.3) is 6.08 Å². The molecule has 0 bridgehead atoms. The molecule has 0 aromatic heterocycles. The van der Waals surface area contributed by atoms with Crippen LogP contribution in [0.5, 0.6) is 0 Å². The van der Waals surface area contributed by atoms with E-state index in [2.05, 4.69) is 17.6 Å². The van der Waals surface area contributed by atoms with Gasteiger partial charge in [0.1, 0.15) is 0 Å². The average molecular weight is 359 g/mol. The minimum absolute atomic E-state index is 0.0687. The number of nitrogens with one attached hydrogen (secondary N) is 2. The summed E-state index contributed by atoms with van der Waals surface area (Å²) in [6, 6.07) is 17.3. The molecule has 1 atom stereocenters. The molecule has 2 N–H and O–H groups in total. The van der Waals surface area contributed by atoms with Gasteiger partial charge in [-0.2, -0.15) is 0 Å². The third-order valence-corrected chi connectivity index (χ3v) is 3.92. The number of rotatable bonds is 5. The Bertz CT molecular complexity index is 714. The van der Waals surface area contributed by atoms with Crippen molar-refractivity contribution < 1.29 is 4.79 Å². The summed E-state index contributed by atoms with van der Waals surface area (Å²) in [5.41, 5.74) is 2.03. The van der Waals surface area contributed by atoms with Crippen molar-refractivity contribution in [1.82, 2.24) is 10.6 Å². The fourth-order valence-electron chi connectivity index (χ4n) is 2.20. The van der Waals surface area contributed by atoms with Crippen molar-refractivity contribution in [3.8, 4) is 0 Å². The van der Waals surface area contributed by atoms with Gasteiger partial charge in [-0.1, -0.05) is 61.0 Å². The SMILES string of the molecule is CCC(NC(=S)NC(=O)/C=C/c1ccc(Cl)cc1)c1ccccc1. The first-order valence-electron chi connectivity index (χ1n) is 7.68. The molecular formula is C19H19ClN2OS. The first-order valence-corrected chi connectivity index (χ1v) is 8.47. The number of benzene rings is 2. The van der Waals surface area contributed by atoms with E-state index in [0.29, 0.717) is 10.1 Å². The Kier molecular flexibility index (Phi) is 6.97. The maximum Gasteiger partial charge on any atom is 0.250 e. The summed E-state index contributed by atoms with van der Waals surface area (Å²) in [7, 11) is 0. The summed E-state index contributed by atoms with van der Waals surface area (Å²) < 4.78 is 0. The van der Waals surface area contributed by atoms with Gasteiger partial charge in [-0.05, 0) is 48.0 Å². The first-order chi connectivity index (χ1) is 11.6. The van der Waals surface area contributed by atoms with Crippen molar-refractivity contribution in [2.24, 2.45) is 0 Å². The van der Waals surface area contributed by atoms with Crippen LogP contribution in [-0.4, -0.2) is 11.0 Å². The lowest BCUT2D eigenvalue weighted by Crippen LogP contribution is -2.40. The fraction of sp³-hybridized carbons (Fsp3) is 0.158. The zero-order valence-corrected chi connectivity index (χ0v) is 14.9. The largest absolute Gasteiger partial charge is 0.356 e. The van der Waals surface area contributed by atoms with E-state index in [1.165, 1.54) is 6.08 Å². The van der Waals surface area contributed by atoms with Gasteiger partial charge in [0.15, 0.2) is 5.11 Å². The Hall–Kier alpha value is -2.17. The molecule has 1 unspecified atom stereocenters. The highest BCUT2D eigenvalue weighted by Crippen LogP contribution is 2.15. The van der Waals surface area contributed by atoms with Crippen molar-refractivity contribution in [1.29, 1.82) is 0 Å². The third-order valence-electron chi connectivity index (χ3n) is 3.45. The number of hydrogen-bond donors (Lipinski definition) is 2. The third kappa shape index (κ3) is 5.80. The van der Waals surface area contributed by atoms with Crippen LogP contribution in [0.3, 0.4) is 0 Å². The van der Waals surface area contributed by atoms with Gasteiger partial charge in [-0.15, -0.1) is 0 Å². The molecule has 0 spiro atoms.